The van der Waals surface area contributed by atoms with Gasteiger partial charge < -0.3 is 13.7 Å². The van der Waals surface area contributed by atoms with E-state index in [1.807, 2.05) is 51.2 Å². The number of halogens is 1. The Bertz CT molecular complexity index is 1420. The summed E-state index contributed by atoms with van der Waals surface area (Å²) in [4.78, 5) is 38.4. The second-order valence-corrected chi connectivity index (χ2v) is 8.41. The number of rotatable bonds is 6. The van der Waals surface area contributed by atoms with Crippen LogP contribution < -0.4 is 5.56 Å². The maximum atomic E-state index is 13.4. The third kappa shape index (κ3) is 4.00. The lowest BCUT2D eigenvalue weighted by Gasteiger charge is -2.08. The molecule has 8 nitrogen and oxygen atoms in total. The number of aryl methyl sites for hydroxylation is 1. The van der Waals surface area contributed by atoms with Crippen molar-refractivity contribution in [2.24, 2.45) is 7.05 Å². The van der Waals surface area contributed by atoms with Crippen LogP contribution in [-0.2, 0) is 11.8 Å². The molecule has 0 N–H and O–H groups in total. The topological polar surface area (TPSA) is 88.4 Å². The van der Waals surface area contributed by atoms with E-state index in [0.29, 0.717) is 21.6 Å². The van der Waals surface area contributed by atoms with E-state index in [9.17, 15) is 14.4 Å². The maximum Gasteiger partial charge on any atom is 0.374 e. The van der Waals surface area contributed by atoms with Gasteiger partial charge in [0.15, 0.2) is 11.3 Å². The summed E-state index contributed by atoms with van der Waals surface area (Å²) in [7, 11) is 1.82. The zero-order chi connectivity index (χ0) is 23.9. The van der Waals surface area contributed by atoms with E-state index in [4.69, 9.17) is 9.15 Å². The number of para-hydroxylation sites is 1. The molecule has 1 aromatic carbocycles. The largest absolute Gasteiger partial charge is 0.451 e. The van der Waals surface area contributed by atoms with Crippen LogP contribution in [0.2, 0.25) is 0 Å². The molecule has 0 aliphatic heterocycles. The molecule has 0 saturated heterocycles. The molecule has 0 radical (unpaired) electrons. The van der Waals surface area contributed by atoms with Crippen molar-refractivity contribution < 1.29 is 18.7 Å². The fourth-order valence-electron chi connectivity index (χ4n) is 3.90. The first kappa shape index (κ1) is 22.6. The number of Topliss-reactive ketones (excluding diaryl/α,β-unsaturated/α-hetero) is 1. The van der Waals surface area contributed by atoms with Crippen LogP contribution in [0.5, 0.6) is 0 Å². The molecule has 0 saturated carbocycles. The quantitative estimate of drug-likeness (QED) is 0.284. The van der Waals surface area contributed by atoms with Crippen molar-refractivity contribution >= 4 is 27.7 Å². The van der Waals surface area contributed by atoms with Gasteiger partial charge in [-0.3, -0.25) is 14.3 Å². The average molecular weight is 512 g/mol. The SMILES string of the molecule is Cc1cc(C(=O)COC(=O)c2ccc(Br)o2)c(C)n1-c1c(C)n(C)n(-c2ccccc2)c1=O. The van der Waals surface area contributed by atoms with Gasteiger partial charge in [-0.2, -0.15) is 0 Å². The molecule has 33 heavy (non-hydrogen) atoms. The van der Waals surface area contributed by atoms with E-state index in [0.717, 1.165) is 17.1 Å². The summed E-state index contributed by atoms with van der Waals surface area (Å²) in [6.07, 6.45) is 0. The standard InChI is InChI=1S/C24H22BrN3O5/c1-14-12-18(19(29)13-32-24(31)20-10-11-21(25)33-20)15(2)27(14)22-16(3)26(4)28(23(22)30)17-8-6-5-7-9-17/h5-12H,13H2,1-4H3. The lowest BCUT2D eigenvalue weighted by atomic mass is 10.1. The summed E-state index contributed by atoms with van der Waals surface area (Å²) in [5.74, 6) is -1.10. The molecule has 0 aliphatic rings. The molecular formula is C24H22BrN3O5. The smallest absolute Gasteiger partial charge is 0.374 e. The molecule has 0 amide bonds. The molecule has 0 unspecified atom stereocenters. The Morgan fingerprint density at radius 1 is 1.03 bits per heavy atom. The van der Waals surface area contributed by atoms with Crippen molar-refractivity contribution in [3.8, 4) is 11.4 Å². The van der Waals surface area contributed by atoms with Gasteiger partial charge in [0.2, 0.25) is 11.5 Å². The summed E-state index contributed by atoms with van der Waals surface area (Å²) in [5, 5.41) is 0. The molecule has 9 heteroatoms. The average Bonchev–Trinajstić information content (AvgIpc) is 3.42. The molecule has 0 bridgehead atoms. The molecule has 4 rings (SSSR count). The number of ether oxygens (including phenoxy) is 1. The molecule has 3 heterocycles. The van der Waals surface area contributed by atoms with Crippen LogP contribution >= 0.6 is 15.9 Å². The lowest BCUT2D eigenvalue weighted by molar-refractivity contribution is 0.0442. The van der Waals surface area contributed by atoms with E-state index in [1.165, 1.54) is 6.07 Å². The van der Waals surface area contributed by atoms with Crippen molar-refractivity contribution in [2.45, 2.75) is 20.8 Å². The Morgan fingerprint density at radius 3 is 2.36 bits per heavy atom. The monoisotopic (exact) mass is 511 g/mol. The van der Waals surface area contributed by atoms with E-state index in [2.05, 4.69) is 15.9 Å². The number of benzene rings is 1. The van der Waals surface area contributed by atoms with Gasteiger partial charge in [0.25, 0.3) is 5.56 Å². The van der Waals surface area contributed by atoms with Crippen molar-refractivity contribution in [2.75, 3.05) is 6.61 Å². The van der Waals surface area contributed by atoms with Gasteiger partial charge in [-0.25, -0.2) is 9.48 Å². The van der Waals surface area contributed by atoms with E-state index < -0.39 is 12.6 Å². The third-order valence-corrected chi connectivity index (χ3v) is 6.01. The second-order valence-electron chi connectivity index (χ2n) is 7.63. The number of hydrogen-bond acceptors (Lipinski definition) is 5. The summed E-state index contributed by atoms with van der Waals surface area (Å²) in [6.45, 7) is 5.02. The van der Waals surface area contributed by atoms with E-state index in [-0.39, 0.29) is 17.1 Å². The molecule has 0 spiro atoms. The van der Waals surface area contributed by atoms with E-state index in [1.54, 1.807) is 33.0 Å². The zero-order valence-corrected chi connectivity index (χ0v) is 20.2. The van der Waals surface area contributed by atoms with Gasteiger partial charge >= 0.3 is 5.97 Å². The molecule has 4 aromatic rings. The van der Waals surface area contributed by atoms with Gasteiger partial charge in [-0.15, -0.1) is 0 Å². The lowest BCUT2D eigenvalue weighted by Crippen LogP contribution is -2.22. The van der Waals surface area contributed by atoms with Crippen molar-refractivity contribution in [1.29, 1.82) is 0 Å². The number of carbonyl (C=O) groups is 2. The first-order valence-electron chi connectivity index (χ1n) is 10.2. The first-order valence-corrected chi connectivity index (χ1v) is 11.0. The predicted octanol–water partition coefficient (Wildman–Crippen LogP) is 4.29. The van der Waals surface area contributed by atoms with Crippen molar-refractivity contribution in [3.05, 3.63) is 92.0 Å². The van der Waals surface area contributed by atoms with E-state index >= 15 is 0 Å². The molecule has 0 fully saturated rings. The molecule has 0 atom stereocenters. The molecular weight excluding hydrogens is 490 g/mol. The van der Waals surface area contributed by atoms with Crippen LogP contribution in [-0.4, -0.2) is 32.3 Å². The Balaban J connectivity index is 1.67. The highest BCUT2D eigenvalue weighted by atomic mass is 79.9. The highest BCUT2D eigenvalue weighted by Crippen LogP contribution is 2.23. The fourth-order valence-corrected chi connectivity index (χ4v) is 4.21. The minimum absolute atomic E-state index is 0.00141. The minimum atomic E-state index is -0.729. The molecule has 3 aromatic heterocycles. The minimum Gasteiger partial charge on any atom is -0.451 e. The number of nitrogens with zero attached hydrogens (tertiary/aromatic N) is 3. The first-order chi connectivity index (χ1) is 15.7. The third-order valence-electron chi connectivity index (χ3n) is 5.59. The Labute approximate surface area is 198 Å². The number of aromatic nitrogens is 3. The molecule has 170 valence electrons. The summed E-state index contributed by atoms with van der Waals surface area (Å²) in [6, 6.07) is 14.1. The number of carbonyl (C=O) groups excluding carboxylic acids is 2. The van der Waals surface area contributed by atoms with Gasteiger partial charge in [0.1, 0.15) is 5.69 Å². The number of ketones is 1. The second kappa shape index (κ2) is 8.74. The Kier molecular flexibility index (Phi) is 5.99. The fraction of sp³-hybridized carbons (Fsp3) is 0.208. The maximum absolute atomic E-state index is 13.4. The van der Waals surface area contributed by atoms with Crippen LogP contribution in [0.3, 0.4) is 0 Å². The van der Waals surface area contributed by atoms with Crippen LogP contribution in [0.4, 0.5) is 0 Å². The summed E-state index contributed by atoms with van der Waals surface area (Å²) >= 11 is 3.12. The summed E-state index contributed by atoms with van der Waals surface area (Å²) in [5.41, 5.74) is 3.47. The number of furan rings is 1. The van der Waals surface area contributed by atoms with Gasteiger partial charge in [-0.05, 0) is 67.0 Å². The van der Waals surface area contributed by atoms with Gasteiger partial charge in [0, 0.05) is 24.0 Å². The number of hydrogen-bond donors (Lipinski definition) is 0. The molecule has 0 aliphatic carbocycles. The zero-order valence-electron chi connectivity index (χ0n) is 18.6. The van der Waals surface area contributed by atoms with Crippen molar-refractivity contribution in [3.63, 3.8) is 0 Å². The highest BCUT2D eigenvalue weighted by molar-refractivity contribution is 9.10. The Morgan fingerprint density at radius 2 is 1.73 bits per heavy atom. The van der Waals surface area contributed by atoms with Crippen LogP contribution in [0.25, 0.3) is 11.4 Å². The predicted molar refractivity (Wildman–Crippen MR) is 126 cm³/mol. The van der Waals surface area contributed by atoms with Gasteiger partial charge in [-0.1, -0.05) is 18.2 Å². The summed E-state index contributed by atoms with van der Waals surface area (Å²) < 4.78 is 15.8. The van der Waals surface area contributed by atoms with Crippen LogP contribution in [0.15, 0.2) is 62.4 Å². The van der Waals surface area contributed by atoms with Crippen LogP contribution in [0, 0.1) is 20.8 Å². The van der Waals surface area contributed by atoms with Crippen LogP contribution in [0.1, 0.15) is 38.0 Å². The normalized spacial score (nSPS) is 11.1. The number of esters is 1. The van der Waals surface area contributed by atoms with Gasteiger partial charge in [0.05, 0.1) is 11.4 Å². The van der Waals surface area contributed by atoms with Crippen molar-refractivity contribution in [1.82, 2.24) is 13.9 Å². The Hall–Kier alpha value is -3.59. The highest BCUT2D eigenvalue weighted by Gasteiger charge is 2.24.